The Balaban J connectivity index is 1.53. The Kier molecular flexibility index (Phi) is 5.66. The second kappa shape index (κ2) is 8.91. The van der Waals surface area contributed by atoms with Crippen LogP contribution in [0, 0.1) is 5.82 Å². The van der Waals surface area contributed by atoms with Gasteiger partial charge in [-0.3, -0.25) is 9.36 Å². The molecule has 3 aromatic carbocycles. The van der Waals surface area contributed by atoms with Crippen LogP contribution in [0.5, 0.6) is 5.75 Å². The van der Waals surface area contributed by atoms with Gasteiger partial charge >= 0.3 is 0 Å². The van der Waals surface area contributed by atoms with E-state index >= 15 is 0 Å². The van der Waals surface area contributed by atoms with Crippen LogP contribution >= 0.6 is 11.8 Å². The quantitative estimate of drug-likeness (QED) is 0.247. The van der Waals surface area contributed by atoms with E-state index in [1.54, 1.807) is 42.2 Å². The maximum atomic E-state index is 13.4. The summed E-state index contributed by atoms with van der Waals surface area (Å²) in [5, 5.41) is 1.03. The summed E-state index contributed by atoms with van der Waals surface area (Å²) in [5.41, 5.74) is 2.40. The zero-order valence-corrected chi connectivity index (χ0v) is 18.4. The van der Waals surface area contributed by atoms with E-state index in [-0.39, 0.29) is 11.4 Å². The molecule has 164 valence electrons. The minimum atomic E-state index is -0.322. The standard InChI is InChI=1S/C25H18FN3O3S/c1-31-22-9-5-4-8-21(22)29-24(30)19-6-2-3-7-20(19)28-25(29)33-15-18-14-32-23(27-18)16-10-12-17(26)13-11-16/h2-14H,15H2,1H3. The predicted molar refractivity (Wildman–Crippen MR) is 125 cm³/mol. The second-order valence-electron chi connectivity index (χ2n) is 7.16. The van der Waals surface area contributed by atoms with Crippen molar-refractivity contribution in [3.05, 3.63) is 101 Å². The van der Waals surface area contributed by atoms with E-state index in [1.165, 1.54) is 23.9 Å². The lowest BCUT2D eigenvalue weighted by molar-refractivity contribution is 0.411. The van der Waals surface area contributed by atoms with Crippen LogP contribution in [0.15, 0.2) is 93.4 Å². The van der Waals surface area contributed by atoms with E-state index in [0.717, 1.165) is 0 Å². The van der Waals surface area contributed by atoms with E-state index in [1.807, 2.05) is 36.4 Å². The maximum Gasteiger partial charge on any atom is 0.266 e. The summed E-state index contributed by atoms with van der Waals surface area (Å²) in [4.78, 5) is 22.7. The fourth-order valence-electron chi connectivity index (χ4n) is 3.47. The lowest BCUT2D eigenvalue weighted by atomic mass is 10.2. The van der Waals surface area contributed by atoms with Gasteiger partial charge in [-0.2, -0.15) is 0 Å². The number of ether oxygens (including phenoxy) is 1. The van der Waals surface area contributed by atoms with Crippen molar-refractivity contribution in [2.75, 3.05) is 7.11 Å². The van der Waals surface area contributed by atoms with Crippen molar-refractivity contribution in [2.45, 2.75) is 10.9 Å². The maximum absolute atomic E-state index is 13.4. The molecule has 0 atom stereocenters. The number of halogens is 1. The molecule has 5 aromatic rings. The normalized spacial score (nSPS) is 11.1. The molecule has 0 aliphatic heterocycles. The minimum Gasteiger partial charge on any atom is -0.495 e. The Bertz CT molecular complexity index is 1500. The molecule has 2 heterocycles. The lowest BCUT2D eigenvalue weighted by Gasteiger charge is -2.15. The summed E-state index contributed by atoms with van der Waals surface area (Å²) in [6, 6.07) is 20.5. The fraction of sp³-hybridized carbons (Fsp3) is 0.0800. The van der Waals surface area contributed by atoms with Gasteiger partial charge in [0, 0.05) is 11.3 Å². The third-order valence-electron chi connectivity index (χ3n) is 5.06. The largest absolute Gasteiger partial charge is 0.495 e. The summed E-state index contributed by atoms with van der Waals surface area (Å²) in [6.07, 6.45) is 1.55. The molecule has 0 aliphatic rings. The van der Waals surface area contributed by atoms with E-state index in [9.17, 15) is 9.18 Å². The molecule has 6 nitrogen and oxygen atoms in total. The number of oxazole rings is 1. The number of fused-ring (bicyclic) bond motifs is 1. The molecule has 0 saturated carbocycles. The van der Waals surface area contributed by atoms with Crippen molar-refractivity contribution >= 4 is 22.7 Å². The third-order valence-corrected chi connectivity index (χ3v) is 6.04. The number of aromatic nitrogens is 3. The van der Waals surface area contributed by atoms with Gasteiger partial charge in [0.05, 0.1) is 29.4 Å². The summed E-state index contributed by atoms with van der Waals surface area (Å²) in [5.74, 6) is 1.07. The molecular weight excluding hydrogens is 441 g/mol. The van der Waals surface area contributed by atoms with Crippen LogP contribution in [0.3, 0.4) is 0 Å². The number of benzene rings is 3. The number of nitrogens with zero attached hydrogens (tertiary/aromatic N) is 3. The summed E-state index contributed by atoms with van der Waals surface area (Å²) >= 11 is 1.37. The monoisotopic (exact) mass is 459 g/mol. The first kappa shape index (κ1) is 21.0. The Hall–Kier alpha value is -3.91. The topological polar surface area (TPSA) is 70.2 Å². The van der Waals surface area contributed by atoms with E-state index in [0.29, 0.717) is 50.4 Å². The van der Waals surface area contributed by atoms with Crippen LogP contribution in [0.25, 0.3) is 28.0 Å². The molecular formula is C25H18FN3O3S. The van der Waals surface area contributed by atoms with E-state index in [4.69, 9.17) is 14.1 Å². The molecule has 5 rings (SSSR count). The number of rotatable bonds is 6. The van der Waals surface area contributed by atoms with Gasteiger partial charge in [0.25, 0.3) is 5.56 Å². The zero-order chi connectivity index (χ0) is 22.8. The van der Waals surface area contributed by atoms with Gasteiger partial charge in [0.1, 0.15) is 17.8 Å². The smallest absolute Gasteiger partial charge is 0.266 e. The van der Waals surface area contributed by atoms with Crippen molar-refractivity contribution in [3.63, 3.8) is 0 Å². The van der Waals surface area contributed by atoms with Gasteiger partial charge in [-0.05, 0) is 48.5 Å². The van der Waals surface area contributed by atoms with Crippen LogP contribution in [-0.2, 0) is 5.75 Å². The van der Waals surface area contributed by atoms with E-state index < -0.39 is 0 Å². The molecule has 0 spiro atoms. The zero-order valence-electron chi connectivity index (χ0n) is 17.6. The predicted octanol–water partition coefficient (Wildman–Crippen LogP) is 5.48. The van der Waals surface area contributed by atoms with Gasteiger partial charge in [0.2, 0.25) is 5.89 Å². The molecule has 0 bridgehead atoms. The molecule has 0 saturated heterocycles. The van der Waals surface area contributed by atoms with Crippen LogP contribution in [-0.4, -0.2) is 21.6 Å². The Morgan fingerprint density at radius 3 is 2.58 bits per heavy atom. The average Bonchev–Trinajstić information content (AvgIpc) is 3.32. The van der Waals surface area contributed by atoms with Crippen molar-refractivity contribution < 1.29 is 13.5 Å². The molecule has 0 aliphatic carbocycles. The SMILES string of the molecule is COc1ccccc1-n1c(SCc2coc(-c3ccc(F)cc3)n2)nc2ccccc2c1=O. The molecule has 33 heavy (non-hydrogen) atoms. The molecule has 0 unspecified atom stereocenters. The molecule has 0 radical (unpaired) electrons. The van der Waals surface area contributed by atoms with E-state index in [2.05, 4.69) is 4.98 Å². The van der Waals surface area contributed by atoms with Crippen LogP contribution in [0.1, 0.15) is 5.69 Å². The van der Waals surface area contributed by atoms with Gasteiger partial charge in [0.15, 0.2) is 5.16 Å². The first-order chi connectivity index (χ1) is 16.1. The molecule has 2 aromatic heterocycles. The second-order valence-corrected chi connectivity index (χ2v) is 8.11. The van der Waals surface area contributed by atoms with Crippen molar-refractivity contribution in [2.24, 2.45) is 0 Å². The highest BCUT2D eigenvalue weighted by Crippen LogP contribution is 2.29. The van der Waals surface area contributed by atoms with Gasteiger partial charge in [-0.1, -0.05) is 36.0 Å². The lowest BCUT2D eigenvalue weighted by Crippen LogP contribution is -2.22. The highest BCUT2D eigenvalue weighted by molar-refractivity contribution is 7.98. The minimum absolute atomic E-state index is 0.181. The summed E-state index contributed by atoms with van der Waals surface area (Å²) in [6.45, 7) is 0. The molecule has 0 N–H and O–H groups in total. The first-order valence-corrected chi connectivity index (χ1v) is 11.1. The first-order valence-electron chi connectivity index (χ1n) is 10.1. The van der Waals surface area contributed by atoms with Crippen molar-refractivity contribution in [1.82, 2.24) is 14.5 Å². The van der Waals surface area contributed by atoms with Crippen LogP contribution in [0.4, 0.5) is 4.39 Å². The van der Waals surface area contributed by atoms with Crippen molar-refractivity contribution in [3.8, 4) is 22.9 Å². The molecule has 0 fully saturated rings. The van der Waals surface area contributed by atoms with Crippen molar-refractivity contribution in [1.29, 1.82) is 0 Å². The van der Waals surface area contributed by atoms with Gasteiger partial charge in [-0.25, -0.2) is 14.4 Å². The highest BCUT2D eigenvalue weighted by Gasteiger charge is 2.17. The van der Waals surface area contributed by atoms with Gasteiger partial charge in [-0.15, -0.1) is 0 Å². The average molecular weight is 460 g/mol. The third kappa shape index (κ3) is 4.12. The highest BCUT2D eigenvalue weighted by atomic mass is 32.2. The fourth-order valence-corrected chi connectivity index (χ4v) is 4.36. The number of hydrogen-bond acceptors (Lipinski definition) is 6. The number of para-hydroxylation sites is 3. The van der Waals surface area contributed by atoms with Crippen LogP contribution < -0.4 is 10.3 Å². The van der Waals surface area contributed by atoms with Crippen LogP contribution in [0.2, 0.25) is 0 Å². The summed E-state index contributed by atoms with van der Waals surface area (Å²) in [7, 11) is 1.57. The number of hydrogen-bond donors (Lipinski definition) is 0. The Morgan fingerprint density at radius 2 is 1.76 bits per heavy atom. The molecule has 0 amide bonds. The number of methoxy groups -OCH3 is 1. The number of thioether (sulfide) groups is 1. The summed E-state index contributed by atoms with van der Waals surface area (Å²) < 4.78 is 25.8. The van der Waals surface area contributed by atoms with Gasteiger partial charge < -0.3 is 9.15 Å². The Labute approximate surface area is 192 Å². The Morgan fingerprint density at radius 1 is 1.00 bits per heavy atom. The molecule has 8 heteroatoms.